The van der Waals surface area contributed by atoms with Crippen molar-refractivity contribution in [2.75, 3.05) is 31.7 Å². The monoisotopic (exact) mass is 651 g/mol. The van der Waals surface area contributed by atoms with Gasteiger partial charge in [0.2, 0.25) is 11.8 Å². The number of nitrogens with zero attached hydrogens (tertiary/aromatic N) is 2. The number of sulfonamides is 1. The molecule has 3 aromatic rings. The van der Waals surface area contributed by atoms with E-state index in [1.165, 1.54) is 37.3 Å². The van der Waals surface area contributed by atoms with Crippen LogP contribution in [0.1, 0.15) is 57.1 Å². The zero-order valence-electron chi connectivity index (χ0n) is 27.3. The number of hydrogen-bond donors (Lipinski definition) is 1. The Morgan fingerprint density at radius 3 is 2.24 bits per heavy atom. The average molecular weight is 652 g/mol. The first-order chi connectivity index (χ1) is 22.1. The summed E-state index contributed by atoms with van der Waals surface area (Å²) in [7, 11) is -1.42. The Hall–Kier alpha value is -4.25. The highest BCUT2D eigenvalue weighted by atomic mass is 32.2. The highest BCUT2D eigenvalue weighted by molar-refractivity contribution is 7.92. The molecule has 0 heterocycles. The van der Waals surface area contributed by atoms with E-state index < -0.39 is 28.5 Å². The lowest BCUT2D eigenvalue weighted by atomic mass is 10.1. The zero-order chi connectivity index (χ0) is 33.3. The van der Waals surface area contributed by atoms with Gasteiger partial charge in [-0.2, -0.15) is 0 Å². The Kier molecular flexibility index (Phi) is 11.9. The summed E-state index contributed by atoms with van der Waals surface area (Å²) in [5, 5.41) is 3.14. The summed E-state index contributed by atoms with van der Waals surface area (Å²) >= 11 is 0. The number of aryl methyl sites for hydroxylation is 1. The number of benzene rings is 3. The lowest BCUT2D eigenvalue weighted by molar-refractivity contribution is -0.140. The molecule has 1 saturated carbocycles. The molecule has 0 spiro atoms. The van der Waals surface area contributed by atoms with E-state index in [-0.39, 0.29) is 34.8 Å². The van der Waals surface area contributed by atoms with Crippen LogP contribution in [0.25, 0.3) is 0 Å². The Morgan fingerprint density at radius 1 is 0.935 bits per heavy atom. The predicted octanol–water partition coefficient (Wildman–Crippen LogP) is 5.47. The molecule has 2 amide bonds. The number of hydrogen-bond acceptors (Lipinski definition) is 7. The standard InChI is InChI=1S/C35H45N3O7S/c1-6-31(35(40)36-27-13-8-9-14-27)37(23-26-12-10-11-25(3)21-26)34(39)24-38(28-15-17-29(18-16-28)45-7-2)46(41,42)30-19-20-32(43-4)33(22-30)44-5/h10-12,15-22,27,31H,6-9,13-14,23-24H2,1-5H3,(H,36,40)/t31-/m0/s1. The van der Waals surface area contributed by atoms with E-state index in [9.17, 15) is 18.0 Å². The molecule has 0 aliphatic heterocycles. The van der Waals surface area contributed by atoms with Crippen molar-refractivity contribution in [2.45, 2.75) is 76.4 Å². The fourth-order valence-corrected chi connectivity index (χ4v) is 7.23. The van der Waals surface area contributed by atoms with Crippen molar-refractivity contribution in [3.8, 4) is 17.2 Å². The highest BCUT2D eigenvalue weighted by Gasteiger charge is 2.35. The molecule has 1 fully saturated rings. The molecule has 248 valence electrons. The van der Waals surface area contributed by atoms with E-state index in [2.05, 4.69) is 5.32 Å². The maximum Gasteiger partial charge on any atom is 0.264 e. The van der Waals surface area contributed by atoms with Gasteiger partial charge in [0.25, 0.3) is 10.0 Å². The Morgan fingerprint density at radius 2 is 1.63 bits per heavy atom. The first-order valence-corrected chi connectivity index (χ1v) is 17.2. The topological polar surface area (TPSA) is 114 Å². The van der Waals surface area contributed by atoms with Gasteiger partial charge in [-0.3, -0.25) is 13.9 Å². The summed E-state index contributed by atoms with van der Waals surface area (Å²) in [5.74, 6) is 0.432. The molecule has 0 aromatic heterocycles. The number of methoxy groups -OCH3 is 2. The quantitative estimate of drug-likeness (QED) is 0.232. The van der Waals surface area contributed by atoms with E-state index >= 15 is 0 Å². The average Bonchev–Trinajstić information content (AvgIpc) is 3.56. The molecular weight excluding hydrogens is 606 g/mol. The van der Waals surface area contributed by atoms with Crippen LogP contribution in [0, 0.1) is 6.92 Å². The van der Waals surface area contributed by atoms with Crippen LogP contribution >= 0.6 is 0 Å². The lowest BCUT2D eigenvalue weighted by Gasteiger charge is -2.34. The number of nitrogens with one attached hydrogen (secondary N) is 1. The van der Waals surface area contributed by atoms with E-state index in [1.54, 1.807) is 24.3 Å². The van der Waals surface area contributed by atoms with Crippen LogP contribution in [0.3, 0.4) is 0 Å². The van der Waals surface area contributed by atoms with Crippen molar-refractivity contribution in [1.29, 1.82) is 0 Å². The molecule has 46 heavy (non-hydrogen) atoms. The number of amides is 2. The van der Waals surface area contributed by atoms with E-state index in [0.29, 0.717) is 24.5 Å². The van der Waals surface area contributed by atoms with Gasteiger partial charge in [-0.1, -0.05) is 49.6 Å². The molecule has 0 radical (unpaired) electrons. The van der Waals surface area contributed by atoms with Crippen LogP contribution in [0.5, 0.6) is 17.2 Å². The molecule has 0 bridgehead atoms. The number of ether oxygens (including phenoxy) is 3. The summed E-state index contributed by atoms with van der Waals surface area (Å²) in [6.45, 7) is 5.73. The number of rotatable bonds is 15. The third kappa shape index (κ3) is 8.31. The molecule has 11 heteroatoms. The minimum atomic E-state index is -4.31. The molecule has 0 saturated heterocycles. The number of carbonyl (C=O) groups is 2. The van der Waals surface area contributed by atoms with Crippen LogP contribution in [-0.4, -0.2) is 64.6 Å². The van der Waals surface area contributed by atoms with Gasteiger partial charge in [0.05, 0.1) is 31.4 Å². The molecule has 3 aromatic carbocycles. The highest BCUT2D eigenvalue weighted by Crippen LogP contribution is 2.33. The fourth-order valence-electron chi connectivity index (χ4n) is 5.80. The van der Waals surface area contributed by atoms with Gasteiger partial charge < -0.3 is 24.4 Å². The summed E-state index contributed by atoms with van der Waals surface area (Å²) in [6, 6.07) is 17.8. The van der Waals surface area contributed by atoms with Crippen LogP contribution in [-0.2, 0) is 26.2 Å². The maximum absolute atomic E-state index is 14.4. The second kappa shape index (κ2) is 15.8. The minimum Gasteiger partial charge on any atom is -0.494 e. The van der Waals surface area contributed by atoms with E-state index in [4.69, 9.17) is 14.2 Å². The maximum atomic E-state index is 14.4. The van der Waals surface area contributed by atoms with Crippen molar-refractivity contribution >= 4 is 27.5 Å². The summed E-state index contributed by atoms with van der Waals surface area (Å²) < 4.78 is 46.0. The van der Waals surface area contributed by atoms with Gasteiger partial charge >= 0.3 is 0 Å². The van der Waals surface area contributed by atoms with Gasteiger partial charge in [-0.15, -0.1) is 0 Å². The van der Waals surface area contributed by atoms with Gasteiger partial charge in [0.15, 0.2) is 11.5 Å². The molecule has 1 aliphatic rings. The Labute approximate surface area is 272 Å². The number of anilines is 1. The van der Waals surface area contributed by atoms with Crippen LogP contribution < -0.4 is 23.8 Å². The molecule has 1 aliphatic carbocycles. The summed E-state index contributed by atoms with van der Waals surface area (Å²) in [5.41, 5.74) is 2.13. The molecule has 10 nitrogen and oxygen atoms in total. The van der Waals surface area contributed by atoms with Crippen LogP contribution in [0.15, 0.2) is 71.6 Å². The number of carbonyl (C=O) groups excluding carboxylic acids is 2. The van der Waals surface area contributed by atoms with E-state index in [1.807, 2.05) is 45.0 Å². The molecular formula is C35H45N3O7S. The second-order valence-electron chi connectivity index (χ2n) is 11.4. The largest absolute Gasteiger partial charge is 0.494 e. The van der Waals surface area contributed by atoms with Crippen LogP contribution in [0.2, 0.25) is 0 Å². The minimum absolute atomic E-state index is 0.0725. The first-order valence-electron chi connectivity index (χ1n) is 15.7. The van der Waals surface area contributed by atoms with Gasteiger partial charge in [0.1, 0.15) is 18.3 Å². The third-order valence-electron chi connectivity index (χ3n) is 8.18. The van der Waals surface area contributed by atoms with Crippen molar-refractivity contribution in [1.82, 2.24) is 10.2 Å². The smallest absolute Gasteiger partial charge is 0.264 e. The van der Waals surface area contributed by atoms with Crippen molar-refractivity contribution in [3.63, 3.8) is 0 Å². The first kappa shape index (κ1) is 34.6. The fraction of sp³-hybridized carbons (Fsp3) is 0.429. The normalized spacial score (nSPS) is 13.9. The Bertz CT molecular complexity index is 1590. The van der Waals surface area contributed by atoms with Gasteiger partial charge in [-0.25, -0.2) is 8.42 Å². The molecule has 4 rings (SSSR count). The Balaban J connectivity index is 1.75. The SMILES string of the molecule is CCOc1ccc(N(CC(=O)N(Cc2cccc(C)c2)[C@@H](CC)C(=O)NC2CCCC2)S(=O)(=O)c2ccc(OC)c(OC)c2)cc1. The van der Waals surface area contributed by atoms with Crippen molar-refractivity contribution < 1.29 is 32.2 Å². The summed E-state index contributed by atoms with van der Waals surface area (Å²) in [4.78, 5) is 29.5. The molecule has 1 N–H and O–H groups in total. The van der Waals surface area contributed by atoms with Crippen molar-refractivity contribution in [3.05, 3.63) is 77.9 Å². The van der Waals surface area contributed by atoms with E-state index in [0.717, 1.165) is 41.1 Å². The van der Waals surface area contributed by atoms with Gasteiger partial charge in [-0.05, 0) is 75.1 Å². The van der Waals surface area contributed by atoms with Gasteiger partial charge in [0, 0.05) is 18.7 Å². The molecule has 1 atom stereocenters. The predicted molar refractivity (Wildman–Crippen MR) is 178 cm³/mol. The van der Waals surface area contributed by atoms with Crippen molar-refractivity contribution in [2.24, 2.45) is 0 Å². The second-order valence-corrected chi connectivity index (χ2v) is 13.2. The van der Waals surface area contributed by atoms with Crippen LogP contribution in [0.4, 0.5) is 5.69 Å². The third-order valence-corrected chi connectivity index (χ3v) is 9.95. The molecule has 0 unspecified atom stereocenters. The zero-order valence-corrected chi connectivity index (χ0v) is 28.1. The summed E-state index contributed by atoms with van der Waals surface area (Å²) in [6.07, 6.45) is 4.28. The lowest BCUT2D eigenvalue weighted by Crippen LogP contribution is -2.53.